The maximum Gasteiger partial charge on any atom is 0.170 e. The highest BCUT2D eigenvalue weighted by molar-refractivity contribution is 7.80. The van der Waals surface area contributed by atoms with Crippen LogP contribution in [0.3, 0.4) is 0 Å². The molecule has 0 spiro atoms. The molecule has 2 aromatic rings. The zero-order valence-electron chi connectivity index (χ0n) is 18.5. The Morgan fingerprint density at radius 1 is 1.19 bits per heavy atom. The van der Waals surface area contributed by atoms with Crippen molar-refractivity contribution in [1.82, 2.24) is 24.7 Å². The number of aryl methyl sites for hydroxylation is 1. The molecule has 2 unspecified atom stereocenters. The zero-order chi connectivity index (χ0) is 21.8. The Hall–Kier alpha value is -2.00. The van der Waals surface area contributed by atoms with Crippen LogP contribution in [0, 0.1) is 13.8 Å². The standard InChI is InChI=1S/C23H33N5O2S/c1-17-16-19(18(2)27(17)9-5-8-26-11-14-30-15-12-26)22-21(20-6-3-4-7-24-20)25-23(31)28(22)10-13-29/h3-4,6-7,16,21-22,29H,5,8-15H2,1-2H3,(H,25,31). The van der Waals surface area contributed by atoms with Crippen molar-refractivity contribution >= 4 is 17.3 Å². The molecule has 4 rings (SSSR count). The van der Waals surface area contributed by atoms with Crippen molar-refractivity contribution < 1.29 is 9.84 Å². The van der Waals surface area contributed by atoms with E-state index in [0.29, 0.717) is 11.7 Å². The van der Waals surface area contributed by atoms with E-state index < -0.39 is 0 Å². The van der Waals surface area contributed by atoms with Crippen LogP contribution in [-0.4, -0.2) is 75.6 Å². The number of ether oxygens (including phenoxy) is 1. The first-order valence-corrected chi connectivity index (χ1v) is 11.6. The van der Waals surface area contributed by atoms with Gasteiger partial charge in [0.2, 0.25) is 0 Å². The fourth-order valence-electron chi connectivity index (χ4n) is 4.84. The fourth-order valence-corrected chi connectivity index (χ4v) is 5.17. The molecular formula is C23H33N5O2S. The highest BCUT2D eigenvalue weighted by Gasteiger charge is 2.40. The van der Waals surface area contributed by atoms with Crippen LogP contribution in [0.2, 0.25) is 0 Å². The second kappa shape index (κ2) is 10.1. The van der Waals surface area contributed by atoms with Gasteiger partial charge in [0.05, 0.1) is 37.6 Å². The van der Waals surface area contributed by atoms with E-state index in [-0.39, 0.29) is 18.7 Å². The summed E-state index contributed by atoms with van der Waals surface area (Å²) in [5.41, 5.74) is 4.74. The number of aliphatic hydroxyl groups is 1. The summed E-state index contributed by atoms with van der Waals surface area (Å²) in [7, 11) is 0. The highest BCUT2D eigenvalue weighted by Crippen LogP contribution is 2.40. The predicted molar refractivity (Wildman–Crippen MR) is 125 cm³/mol. The summed E-state index contributed by atoms with van der Waals surface area (Å²) in [6.07, 6.45) is 2.93. The van der Waals surface area contributed by atoms with E-state index in [0.717, 1.165) is 51.5 Å². The van der Waals surface area contributed by atoms with Crippen molar-refractivity contribution in [3.63, 3.8) is 0 Å². The van der Waals surface area contributed by atoms with Gasteiger partial charge in [-0.05, 0) is 56.2 Å². The Labute approximate surface area is 190 Å². The van der Waals surface area contributed by atoms with Gasteiger partial charge in [-0.25, -0.2) is 0 Å². The van der Waals surface area contributed by atoms with Crippen molar-refractivity contribution in [1.29, 1.82) is 0 Å². The normalized spacial score (nSPS) is 22.2. The van der Waals surface area contributed by atoms with E-state index in [1.165, 1.54) is 17.0 Å². The van der Waals surface area contributed by atoms with Crippen LogP contribution in [0.5, 0.6) is 0 Å². The van der Waals surface area contributed by atoms with E-state index in [9.17, 15) is 5.11 Å². The molecule has 2 N–H and O–H groups in total. The Kier molecular flexibility index (Phi) is 7.22. The minimum absolute atomic E-state index is 0.00810. The molecule has 0 amide bonds. The number of hydrogen-bond donors (Lipinski definition) is 2. The summed E-state index contributed by atoms with van der Waals surface area (Å²) in [6, 6.07) is 8.23. The van der Waals surface area contributed by atoms with E-state index in [4.69, 9.17) is 17.0 Å². The number of rotatable bonds is 8. The van der Waals surface area contributed by atoms with Crippen LogP contribution in [0.1, 0.15) is 41.1 Å². The molecule has 7 nitrogen and oxygen atoms in total. The molecule has 0 aromatic carbocycles. The Morgan fingerprint density at radius 3 is 2.71 bits per heavy atom. The average Bonchev–Trinajstić information content (AvgIpc) is 3.26. The molecule has 168 valence electrons. The van der Waals surface area contributed by atoms with E-state index in [2.05, 4.69) is 44.6 Å². The molecule has 2 aromatic heterocycles. The molecule has 2 aliphatic heterocycles. The van der Waals surface area contributed by atoms with Crippen LogP contribution in [-0.2, 0) is 11.3 Å². The molecule has 31 heavy (non-hydrogen) atoms. The fraction of sp³-hybridized carbons (Fsp3) is 0.565. The minimum atomic E-state index is -0.0393. The summed E-state index contributed by atoms with van der Waals surface area (Å²) >= 11 is 5.64. The number of hydrogen-bond acceptors (Lipinski definition) is 5. The Morgan fingerprint density at radius 2 is 2.00 bits per heavy atom. The van der Waals surface area contributed by atoms with Gasteiger partial charge in [-0.2, -0.15) is 0 Å². The van der Waals surface area contributed by atoms with Crippen molar-refractivity contribution in [3.05, 3.63) is 53.1 Å². The number of β-amino-alcohol motifs (C(OH)–C–C–N with tert-alkyl or cyclic N) is 1. The summed E-state index contributed by atoms with van der Waals surface area (Å²) < 4.78 is 7.88. The zero-order valence-corrected chi connectivity index (χ0v) is 19.3. The lowest BCUT2D eigenvalue weighted by Gasteiger charge is -2.28. The van der Waals surface area contributed by atoms with Crippen molar-refractivity contribution in [2.45, 2.75) is 38.9 Å². The number of morpholine rings is 1. The average molecular weight is 444 g/mol. The molecule has 2 aliphatic rings. The molecule has 2 saturated heterocycles. The Bertz CT molecular complexity index is 882. The lowest BCUT2D eigenvalue weighted by molar-refractivity contribution is 0.0369. The van der Waals surface area contributed by atoms with Gasteiger partial charge in [0.15, 0.2) is 5.11 Å². The Balaban J connectivity index is 1.56. The van der Waals surface area contributed by atoms with Crippen LogP contribution in [0.4, 0.5) is 0 Å². The van der Waals surface area contributed by atoms with Gasteiger partial charge in [0.25, 0.3) is 0 Å². The number of pyridine rings is 1. The van der Waals surface area contributed by atoms with Gasteiger partial charge in [0, 0.05) is 50.3 Å². The van der Waals surface area contributed by atoms with Gasteiger partial charge in [-0.15, -0.1) is 0 Å². The number of aliphatic hydroxyl groups excluding tert-OH is 1. The lowest BCUT2D eigenvalue weighted by Crippen LogP contribution is -2.37. The first-order chi connectivity index (χ1) is 15.1. The summed E-state index contributed by atoms with van der Waals surface area (Å²) in [5.74, 6) is 0. The lowest BCUT2D eigenvalue weighted by atomic mass is 9.97. The molecule has 2 fully saturated rings. The molecule has 8 heteroatoms. The molecule has 0 bridgehead atoms. The molecule has 0 radical (unpaired) electrons. The first kappa shape index (κ1) is 22.2. The van der Waals surface area contributed by atoms with Crippen LogP contribution in [0.15, 0.2) is 30.5 Å². The molecule has 0 aliphatic carbocycles. The van der Waals surface area contributed by atoms with Crippen LogP contribution < -0.4 is 5.32 Å². The van der Waals surface area contributed by atoms with Gasteiger partial charge in [-0.1, -0.05) is 6.07 Å². The number of aromatic nitrogens is 2. The second-order valence-electron chi connectivity index (χ2n) is 8.33. The van der Waals surface area contributed by atoms with E-state index >= 15 is 0 Å². The monoisotopic (exact) mass is 443 g/mol. The largest absolute Gasteiger partial charge is 0.395 e. The summed E-state index contributed by atoms with van der Waals surface area (Å²) in [6.45, 7) is 10.8. The van der Waals surface area contributed by atoms with Gasteiger partial charge < -0.3 is 24.6 Å². The third-order valence-electron chi connectivity index (χ3n) is 6.43. The third kappa shape index (κ3) is 4.77. The van der Waals surface area contributed by atoms with Crippen molar-refractivity contribution in [2.75, 3.05) is 46.0 Å². The summed E-state index contributed by atoms with van der Waals surface area (Å²) in [4.78, 5) is 9.18. The van der Waals surface area contributed by atoms with Crippen molar-refractivity contribution in [3.8, 4) is 0 Å². The number of nitrogens with zero attached hydrogens (tertiary/aromatic N) is 4. The van der Waals surface area contributed by atoms with Crippen LogP contribution >= 0.6 is 12.2 Å². The quantitative estimate of drug-likeness (QED) is 0.606. The number of nitrogens with one attached hydrogen (secondary N) is 1. The molecule has 4 heterocycles. The highest BCUT2D eigenvalue weighted by atomic mass is 32.1. The maximum atomic E-state index is 9.67. The minimum Gasteiger partial charge on any atom is -0.395 e. The van der Waals surface area contributed by atoms with E-state index in [1.54, 1.807) is 0 Å². The van der Waals surface area contributed by atoms with Crippen molar-refractivity contribution in [2.24, 2.45) is 0 Å². The second-order valence-corrected chi connectivity index (χ2v) is 8.72. The molecule has 2 atom stereocenters. The van der Waals surface area contributed by atoms with Gasteiger partial charge in [-0.3, -0.25) is 9.88 Å². The molecular weight excluding hydrogens is 410 g/mol. The van der Waals surface area contributed by atoms with Gasteiger partial charge >= 0.3 is 0 Å². The maximum absolute atomic E-state index is 9.67. The third-order valence-corrected chi connectivity index (χ3v) is 6.78. The van der Waals surface area contributed by atoms with E-state index in [1.807, 2.05) is 24.4 Å². The number of thiocarbonyl (C=S) groups is 1. The topological polar surface area (TPSA) is 65.8 Å². The summed E-state index contributed by atoms with van der Waals surface area (Å²) in [5, 5.41) is 13.8. The van der Waals surface area contributed by atoms with Gasteiger partial charge in [0.1, 0.15) is 0 Å². The predicted octanol–water partition coefficient (Wildman–Crippen LogP) is 2.19. The SMILES string of the molecule is Cc1cc(C2C(c3ccccn3)NC(=S)N2CCO)c(C)n1CCCN1CCOCC1. The first-order valence-electron chi connectivity index (χ1n) is 11.2. The smallest absolute Gasteiger partial charge is 0.170 e. The molecule has 0 saturated carbocycles. The van der Waals surface area contributed by atoms with Crippen LogP contribution in [0.25, 0.3) is 0 Å².